The van der Waals surface area contributed by atoms with Gasteiger partial charge in [-0.15, -0.1) is 11.3 Å². The van der Waals surface area contributed by atoms with Gasteiger partial charge in [0.15, 0.2) is 9.84 Å². The zero-order valence-electron chi connectivity index (χ0n) is 11.4. The summed E-state index contributed by atoms with van der Waals surface area (Å²) in [5, 5.41) is 3.27. The van der Waals surface area contributed by atoms with E-state index in [9.17, 15) is 12.8 Å². The second-order valence-corrected chi connectivity index (χ2v) is 8.62. The molecular weight excluding hydrogens is 309 g/mol. The highest BCUT2D eigenvalue weighted by Crippen LogP contribution is 2.30. The first-order valence-electron chi connectivity index (χ1n) is 6.81. The second kappa shape index (κ2) is 5.87. The molecule has 112 valence electrons. The number of thiophene rings is 1. The van der Waals surface area contributed by atoms with Crippen molar-refractivity contribution in [3.05, 3.63) is 47.1 Å². The van der Waals surface area contributed by atoms with Crippen molar-refractivity contribution in [1.82, 2.24) is 5.32 Å². The van der Waals surface area contributed by atoms with Crippen LogP contribution >= 0.6 is 11.3 Å². The highest BCUT2D eigenvalue weighted by Gasteiger charge is 2.27. The van der Waals surface area contributed by atoms with Crippen LogP contribution < -0.4 is 5.32 Å². The van der Waals surface area contributed by atoms with Crippen molar-refractivity contribution >= 4 is 21.2 Å². The summed E-state index contributed by atoms with van der Waals surface area (Å²) in [6.07, 6.45) is 0.674. The molecule has 3 nitrogen and oxygen atoms in total. The molecule has 21 heavy (non-hydrogen) atoms. The van der Waals surface area contributed by atoms with E-state index in [1.807, 2.05) is 18.2 Å². The average molecular weight is 325 g/mol. The standard InChI is InChI=1S/C15H16FNO2S2/c16-14-4-2-1-3-13(14)15-6-5-12(20-15)9-17-11-7-8-21(18,19)10-11/h1-6,11,17H,7-10H2/t11-/m0/s1. The van der Waals surface area contributed by atoms with Crippen molar-refractivity contribution in [1.29, 1.82) is 0 Å². The highest BCUT2D eigenvalue weighted by molar-refractivity contribution is 7.91. The van der Waals surface area contributed by atoms with Crippen LogP contribution in [0.5, 0.6) is 0 Å². The molecule has 6 heteroatoms. The first-order valence-corrected chi connectivity index (χ1v) is 9.45. The molecule has 1 saturated heterocycles. The van der Waals surface area contributed by atoms with Crippen molar-refractivity contribution in [3.8, 4) is 10.4 Å². The van der Waals surface area contributed by atoms with E-state index in [4.69, 9.17) is 0 Å². The lowest BCUT2D eigenvalue weighted by atomic mass is 10.2. The van der Waals surface area contributed by atoms with Gasteiger partial charge in [-0.05, 0) is 24.6 Å². The summed E-state index contributed by atoms with van der Waals surface area (Å²) in [6.45, 7) is 0.624. The molecule has 0 amide bonds. The maximum Gasteiger partial charge on any atom is 0.151 e. The van der Waals surface area contributed by atoms with E-state index < -0.39 is 9.84 Å². The lowest BCUT2D eigenvalue weighted by molar-refractivity contribution is 0.557. The van der Waals surface area contributed by atoms with E-state index in [0.29, 0.717) is 18.5 Å². The minimum absolute atomic E-state index is 0.0361. The van der Waals surface area contributed by atoms with Gasteiger partial charge >= 0.3 is 0 Å². The minimum Gasteiger partial charge on any atom is -0.308 e. The number of benzene rings is 1. The van der Waals surface area contributed by atoms with Gasteiger partial charge in [0, 0.05) is 27.9 Å². The fourth-order valence-corrected chi connectivity index (χ4v) is 5.17. The zero-order chi connectivity index (χ0) is 14.9. The van der Waals surface area contributed by atoms with Gasteiger partial charge < -0.3 is 5.32 Å². The summed E-state index contributed by atoms with van der Waals surface area (Å²) < 4.78 is 36.5. The molecule has 0 spiro atoms. The predicted molar refractivity (Wildman–Crippen MR) is 83.6 cm³/mol. The molecule has 1 fully saturated rings. The van der Waals surface area contributed by atoms with Gasteiger partial charge in [0.25, 0.3) is 0 Å². The number of hydrogen-bond acceptors (Lipinski definition) is 4. The van der Waals surface area contributed by atoms with Gasteiger partial charge in [-0.2, -0.15) is 0 Å². The molecule has 2 heterocycles. The Labute approximate surface area is 127 Å². The summed E-state index contributed by atoms with van der Waals surface area (Å²) >= 11 is 1.53. The lowest BCUT2D eigenvalue weighted by Gasteiger charge is -2.08. The first-order chi connectivity index (χ1) is 10.0. The third-order valence-electron chi connectivity index (χ3n) is 3.60. The maximum absolute atomic E-state index is 13.7. The van der Waals surface area contributed by atoms with Gasteiger partial charge in [0.05, 0.1) is 11.5 Å². The Hall–Kier alpha value is -1.24. The van der Waals surface area contributed by atoms with E-state index in [1.165, 1.54) is 17.4 Å². The molecular formula is C15H16FNO2S2. The molecule has 0 unspecified atom stereocenters. The summed E-state index contributed by atoms with van der Waals surface area (Å²) in [4.78, 5) is 1.97. The quantitative estimate of drug-likeness (QED) is 0.940. The molecule has 1 aliphatic heterocycles. The number of rotatable bonds is 4. The van der Waals surface area contributed by atoms with Gasteiger partial charge in [-0.1, -0.05) is 18.2 Å². The van der Waals surface area contributed by atoms with Crippen molar-refractivity contribution in [2.45, 2.75) is 19.0 Å². The summed E-state index contributed by atoms with van der Waals surface area (Å²) in [5.41, 5.74) is 0.609. The van der Waals surface area contributed by atoms with E-state index in [2.05, 4.69) is 5.32 Å². The molecule has 0 aliphatic carbocycles. The molecule has 1 N–H and O–H groups in total. The molecule has 0 bridgehead atoms. The summed E-state index contributed by atoms with van der Waals surface area (Å²) in [6, 6.07) is 10.6. The number of sulfone groups is 1. The predicted octanol–water partition coefficient (Wildman–Crippen LogP) is 2.83. The average Bonchev–Trinajstić information content (AvgIpc) is 3.03. The van der Waals surface area contributed by atoms with Crippen LogP contribution in [-0.4, -0.2) is 26.0 Å². The van der Waals surface area contributed by atoms with E-state index in [1.54, 1.807) is 12.1 Å². The van der Waals surface area contributed by atoms with Gasteiger partial charge in [0.2, 0.25) is 0 Å². The van der Waals surface area contributed by atoms with Crippen LogP contribution in [0.4, 0.5) is 4.39 Å². The lowest BCUT2D eigenvalue weighted by Crippen LogP contribution is -2.29. The number of nitrogens with one attached hydrogen (secondary N) is 1. The molecule has 3 rings (SSSR count). The molecule has 1 aromatic carbocycles. The van der Waals surface area contributed by atoms with E-state index in [-0.39, 0.29) is 23.4 Å². The normalized spacial score (nSPS) is 20.7. The van der Waals surface area contributed by atoms with Crippen LogP contribution in [0.3, 0.4) is 0 Å². The second-order valence-electron chi connectivity index (χ2n) is 5.23. The Morgan fingerprint density at radius 1 is 1.24 bits per heavy atom. The molecule has 1 atom stereocenters. The van der Waals surface area contributed by atoms with Crippen LogP contribution in [0, 0.1) is 5.82 Å². The van der Waals surface area contributed by atoms with Crippen LogP contribution in [-0.2, 0) is 16.4 Å². The Morgan fingerprint density at radius 2 is 2.05 bits per heavy atom. The van der Waals surface area contributed by atoms with Gasteiger partial charge in [-0.3, -0.25) is 0 Å². The largest absolute Gasteiger partial charge is 0.308 e. The third-order valence-corrected chi connectivity index (χ3v) is 6.48. The monoisotopic (exact) mass is 325 g/mol. The molecule has 1 aliphatic rings. The minimum atomic E-state index is -2.85. The van der Waals surface area contributed by atoms with E-state index >= 15 is 0 Å². The Bertz CT molecular complexity index is 740. The number of halogens is 1. The summed E-state index contributed by atoms with van der Waals surface area (Å²) in [7, 11) is -2.85. The zero-order valence-corrected chi connectivity index (χ0v) is 13.0. The maximum atomic E-state index is 13.7. The van der Waals surface area contributed by atoms with Crippen LogP contribution in [0.25, 0.3) is 10.4 Å². The SMILES string of the molecule is O=S1(=O)CC[C@H](NCc2ccc(-c3ccccc3F)s2)C1. The van der Waals surface area contributed by atoms with Gasteiger partial charge in [0.1, 0.15) is 5.82 Å². The Kier molecular flexibility index (Phi) is 4.10. The summed E-state index contributed by atoms with van der Waals surface area (Å²) in [5.74, 6) is 0.273. The number of hydrogen-bond donors (Lipinski definition) is 1. The van der Waals surface area contributed by atoms with Gasteiger partial charge in [-0.25, -0.2) is 12.8 Å². The topological polar surface area (TPSA) is 46.2 Å². The van der Waals surface area contributed by atoms with Crippen molar-refractivity contribution < 1.29 is 12.8 Å². The fourth-order valence-electron chi connectivity index (χ4n) is 2.48. The van der Waals surface area contributed by atoms with Crippen LogP contribution in [0.15, 0.2) is 36.4 Å². The molecule has 2 aromatic rings. The van der Waals surface area contributed by atoms with Crippen molar-refractivity contribution in [2.75, 3.05) is 11.5 Å². The third kappa shape index (κ3) is 3.51. The Morgan fingerprint density at radius 3 is 2.76 bits per heavy atom. The Balaban J connectivity index is 1.65. The highest BCUT2D eigenvalue weighted by atomic mass is 32.2. The fraction of sp³-hybridized carbons (Fsp3) is 0.333. The van der Waals surface area contributed by atoms with E-state index in [0.717, 1.165) is 9.75 Å². The molecule has 0 radical (unpaired) electrons. The van der Waals surface area contributed by atoms with Crippen LogP contribution in [0.1, 0.15) is 11.3 Å². The first kappa shape index (κ1) is 14.7. The van der Waals surface area contributed by atoms with Crippen molar-refractivity contribution in [2.24, 2.45) is 0 Å². The molecule has 0 saturated carbocycles. The van der Waals surface area contributed by atoms with Crippen molar-refractivity contribution in [3.63, 3.8) is 0 Å². The smallest absolute Gasteiger partial charge is 0.151 e. The molecule has 1 aromatic heterocycles. The van der Waals surface area contributed by atoms with Crippen LogP contribution in [0.2, 0.25) is 0 Å².